The van der Waals surface area contributed by atoms with Gasteiger partial charge in [-0.3, -0.25) is 5.41 Å². The number of alkyl carbamates (subject to hydrolysis) is 1. The number of nitrogens with one attached hydrogen (secondary N) is 2. The van der Waals surface area contributed by atoms with Gasteiger partial charge in [0.15, 0.2) is 0 Å². The molecule has 7 nitrogen and oxygen atoms in total. The van der Waals surface area contributed by atoms with Gasteiger partial charge in [-0.15, -0.1) is 12.4 Å². The molecule has 0 aliphatic heterocycles. The minimum atomic E-state index is -0.829. The molecule has 4 fully saturated rings. The second-order valence-corrected chi connectivity index (χ2v) is 9.02. The number of halogens is 1. The number of ether oxygens (including phenoxy) is 2. The van der Waals surface area contributed by atoms with E-state index >= 15 is 0 Å². The number of amidine groups is 1. The van der Waals surface area contributed by atoms with Crippen LogP contribution in [0.1, 0.15) is 49.7 Å². The fraction of sp³-hybridized carbons (Fsp3) is 0.591. The monoisotopic (exact) mass is 435 g/mol. The van der Waals surface area contributed by atoms with Crippen molar-refractivity contribution in [3.05, 3.63) is 35.4 Å². The number of rotatable bonds is 6. The van der Waals surface area contributed by atoms with Gasteiger partial charge < -0.3 is 20.5 Å². The number of benzene rings is 1. The summed E-state index contributed by atoms with van der Waals surface area (Å²) in [6.45, 7) is 0. The topological polar surface area (TPSA) is 115 Å². The van der Waals surface area contributed by atoms with Crippen LogP contribution in [0.4, 0.5) is 4.79 Å². The Morgan fingerprint density at radius 1 is 1.13 bits per heavy atom. The highest BCUT2D eigenvalue weighted by atomic mass is 35.5. The molecule has 30 heavy (non-hydrogen) atoms. The number of amides is 1. The molecule has 4 bridgehead atoms. The third kappa shape index (κ3) is 4.72. The molecule has 1 aromatic carbocycles. The first-order chi connectivity index (χ1) is 13.9. The lowest BCUT2D eigenvalue weighted by atomic mass is 9.54. The fourth-order valence-electron chi connectivity index (χ4n) is 5.92. The molecule has 0 heterocycles. The summed E-state index contributed by atoms with van der Waals surface area (Å²) < 4.78 is 10.8. The third-order valence-corrected chi connectivity index (χ3v) is 6.77. The second-order valence-electron chi connectivity index (χ2n) is 9.02. The van der Waals surface area contributed by atoms with Gasteiger partial charge in [0.05, 0.1) is 7.11 Å². The van der Waals surface area contributed by atoms with Crippen molar-refractivity contribution in [1.29, 1.82) is 5.41 Å². The van der Waals surface area contributed by atoms with Gasteiger partial charge in [0, 0.05) is 12.0 Å². The quantitative estimate of drug-likeness (QED) is 0.360. The molecule has 1 aromatic rings. The standard InChI is InChI=1S/C22H29N3O4.ClH/c1-28-20(26)18(9-13-2-4-17(5-3-13)19(23)24)25-21(27)29-22-10-14-6-15(11-22)8-16(7-14)12-22;/h2-5,14-16,18H,6-12H2,1H3,(H3,23,24)(H,25,27);1H/t14?,15?,16?,18-,22?;/m0./s1. The van der Waals surface area contributed by atoms with Gasteiger partial charge in [-0.25, -0.2) is 9.59 Å². The zero-order valence-corrected chi connectivity index (χ0v) is 18.0. The van der Waals surface area contributed by atoms with Crippen molar-refractivity contribution >= 4 is 30.3 Å². The van der Waals surface area contributed by atoms with Gasteiger partial charge in [-0.2, -0.15) is 0 Å². The van der Waals surface area contributed by atoms with Gasteiger partial charge in [-0.1, -0.05) is 24.3 Å². The van der Waals surface area contributed by atoms with E-state index in [-0.39, 0.29) is 30.3 Å². The number of hydrogen-bond donors (Lipinski definition) is 3. The predicted octanol–water partition coefficient (Wildman–Crippen LogP) is 3.17. The first kappa shape index (κ1) is 22.4. The number of carbonyl (C=O) groups excluding carboxylic acids is 2. The Hall–Kier alpha value is -2.28. The van der Waals surface area contributed by atoms with Gasteiger partial charge in [-0.05, 0) is 61.8 Å². The van der Waals surface area contributed by atoms with Crippen LogP contribution in [0.15, 0.2) is 24.3 Å². The third-order valence-electron chi connectivity index (χ3n) is 6.77. The van der Waals surface area contributed by atoms with E-state index < -0.39 is 18.1 Å². The van der Waals surface area contributed by atoms with Crippen LogP contribution < -0.4 is 11.1 Å². The van der Waals surface area contributed by atoms with Crippen LogP contribution >= 0.6 is 12.4 Å². The van der Waals surface area contributed by atoms with Gasteiger partial charge in [0.1, 0.15) is 17.5 Å². The lowest BCUT2D eigenvalue weighted by Gasteiger charge is -2.55. The Bertz CT molecular complexity index is 776. The minimum Gasteiger partial charge on any atom is -0.467 e. The zero-order valence-electron chi connectivity index (χ0n) is 17.2. The smallest absolute Gasteiger partial charge is 0.408 e. The van der Waals surface area contributed by atoms with Crippen LogP contribution in [0, 0.1) is 23.2 Å². The number of nitrogen functional groups attached to an aromatic ring is 1. The molecular weight excluding hydrogens is 406 g/mol. The average molecular weight is 436 g/mol. The summed E-state index contributed by atoms with van der Waals surface area (Å²) >= 11 is 0. The minimum absolute atomic E-state index is 0. The maximum Gasteiger partial charge on any atom is 0.408 e. The van der Waals surface area contributed by atoms with E-state index in [0.717, 1.165) is 24.8 Å². The molecule has 0 aromatic heterocycles. The zero-order chi connectivity index (χ0) is 20.6. The van der Waals surface area contributed by atoms with Gasteiger partial charge >= 0.3 is 12.1 Å². The second kappa shape index (κ2) is 8.84. The van der Waals surface area contributed by atoms with Gasteiger partial charge in [0.2, 0.25) is 0 Å². The fourth-order valence-corrected chi connectivity index (χ4v) is 5.92. The molecule has 0 saturated heterocycles. The summed E-state index contributed by atoms with van der Waals surface area (Å²) in [5, 5.41) is 10.2. The van der Waals surface area contributed by atoms with E-state index in [1.165, 1.54) is 26.4 Å². The highest BCUT2D eigenvalue weighted by Crippen LogP contribution is 2.57. The molecular formula is C22H30ClN3O4. The van der Waals surface area contributed by atoms with E-state index in [0.29, 0.717) is 23.3 Å². The molecule has 4 saturated carbocycles. The largest absolute Gasteiger partial charge is 0.467 e. The van der Waals surface area contributed by atoms with Crippen molar-refractivity contribution in [2.24, 2.45) is 23.5 Å². The van der Waals surface area contributed by atoms with Crippen LogP contribution in [0.5, 0.6) is 0 Å². The molecule has 1 amide bonds. The molecule has 1 atom stereocenters. The summed E-state index contributed by atoms with van der Waals surface area (Å²) in [5.41, 5.74) is 6.56. The Labute approximate surface area is 183 Å². The van der Waals surface area contributed by atoms with Crippen LogP contribution in [-0.2, 0) is 20.7 Å². The summed E-state index contributed by atoms with van der Waals surface area (Å²) in [4.78, 5) is 25.0. The first-order valence-electron chi connectivity index (χ1n) is 10.4. The van der Waals surface area contributed by atoms with Crippen LogP contribution in [0.25, 0.3) is 0 Å². The van der Waals surface area contributed by atoms with Crippen molar-refractivity contribution in [3.63, 3.8) is 0 Å². The number of nitrogens with two attached hydrogens (primary N) is 1. The highest BCUT2D eigenvalue weighted by molar-refractivity contribution is 5.94. The van der Waals surface area contributed by atoms with Crippen LogP contribution in [0.2, 0.25) is 0 Å². The Balaban J connectivity index is 0.00000256. The lowest BCUT2D eigenvalue weighted by molar-refractivity contribution is -0.144. The molecule has 164 valence electrons. The molecule has 4 N–H and O–H groups in total. The lowest BCUT2D eigenvalue weighted by Crippen LogP contribution is -2.55. The molecule has 0 radical (unpaired) electrons. The van der Waals surface area contributed by atoms with Crippen LogP contribution in [0.3, 0.4) is 0 Å². The number of esters is 1. The summed E-state index contributed by atoms with van der Waals surface area (Å²) in [5.74, 6) is 1.49. The van der Waals surface area contributed by atoms with Gasteiger partial charge in [0.25, 0.3) is 0 Å². The number of carbonyl (C=O) groups is 2. The molecule has 8 heteroatoms. The highest BCUT2D eigenvalue weighted by Gasteiger charge is 2.53. The summed E-state index contributed by atoms with van der Waals surface area (Å²) in [7, 11) is 1.31. The van der Waals surface area contributed by atoms with E-state index in [4.69, 9.17) is 20.6 Å². The van der Waals surface area contributed by atoms with E-state index in [2.05, 4.69) is 5.32 Å². The van der Waals surface area contributed by atoms with E-state index in [1.807, 2.05) is 0 Å². The van der Waals surface area contributed by atoms with Crippen molar-refractivity contribution in [1.82, 2.24) is 5.32 Å². The molecule has 0 spiro atoms. The molecule has 5 rings (SSSR count). The van der Waals surface area contributed by atoms with Crippen molar-refractivity contribution < 1.29 is 19.1 Å². The summed E-state index contributed by atoms with van der Waals surface area (Å²) in [6.07, 6.45) is 6.39. The Kier molecular flexibility index (Phi) is 6.60. The molecule has 0 unspecified atom stereocenters. The maximum atomic E-state index is 12.7. The summed E-state index contributed by atoms with van der Waals surface area (Å²) in [6, 6.07) is 6.20. The Morgan fingerprint density at radius 3 is 2.13 bits per heavy atom. The SMILES string of the molecule is COC(=O)[C@H](Cc1ccc(C(=N)N)cc1)NC(=O)OC12CC3CC(CC(C3)C1)C2.Cl. The average Bonchev–Trinajstić information content (AvgIpc) is 2.65. The molecule has 4 aliphatic rings. The first-order valence-corrected chi connectivity index (χ1v) is 10.4. The normalized spacial score (nSPS) is 29.4. The number of methoxy groups -OCH3 is 1. The molecule has 4 aliphatic carbocycles. The van der Waals surface area contributed by atoms with Crippen molar-refractivity contribution in [2.45, 2.75) is 56.6 Å². The maximum absolute atomic E-state index is 12.7. The van der Waals surface area contributed by atoms with Crippen molar-refractivity contribution in [2.75, 3.05) is 7.11 Å². The van der Waals surface area contributed by atoms with Crippen LogP contribution in [-0.4, -0.2) is 36.7 Å². The predicted molar refractivity (Wildman–Crippen MR) is 115 cm³/mol. The Morgan fingerprint density at radius 2 is 1.67 bits per heavy atom. The van der Waals surface area contributed by atoms with E-state index in [9.17, 15) is 9.59 Å². The number of hydrogen-bond acceptors (Lipinski definition) is 5. The van der Waals surface area contributed by atoms with E-state index in [1.54, 1.807) is 24.3 Å². The van der Waals surface area contributed by atoms with Crippen molar-refractivity contribution in [3.8, 4) is 0 Å².